The van der Waals surface area contributed by atoms with Gasteiger partial charge in [0.25, 0.3) is 0 Å². The molecule has 0 aliphatic carbocycles. The first kappa shape index (κ1) is 21.2. The van der Waals surface area contributed by atoms with Crippen molar-refractivity contribution in [2.24, 2.45) is 0 Å². The van der Waals surface area contributed by atoms with E-state index in [1.165, 1.54) is 18.5 Å². The molecular formula is C20H25N3O5S. The number of benzene rings is 1. The minimum absolute atomic E-state index is 0.115. The minimum atomic E-state index is -3.47. The molecule has 1 aromatic carbocycles. The quantitative estimate of drug-likeness (QED) is 0.386. The van der Waals surface area contributed by atoms with Crippen molar-refractivity contribution < 1.29 is 22.7 Å². The Morgan fingerprint density at radius 1 is 1.14 bits per heavy atom. The van der Waals surface area contributed by atoms with Crippen molar-refractivity contribution >= 4 is 16.0 Å². The maximum absolute atomic E-state index is 12.8. The van der Waals surface area contributed by atoms with E-state index in [0.29, 0.717) is 24.2 Å². The first-order valence-electron chi connectivity index (χ1n) is 9.74. The zero-order valence-electron chi connectivity index (χ0n) is 16.2. The SMILES string of the molecule is O=C(CCc1ccc(S(=O)(=O)N2CCCCCC2)cc1)OCc1nccc[n+]1[O-]. The fraction of sp³-hybridized carbons (Fsp3) is 0.450. The van der Waals surface area contributed by atoms with Gasteiger partial charge in [-0.2, -0.15) is 4.31 Å². The molecule has 8 nitrogen and oxygen atoms in total. The van der Waals surface area contributed by atoms with Crippen LogP contribution >= 0.6 is 0 Å². The molecule has 0 radical (unpaired) electrons. The molecule has 0 saturated carbocycles. The number of hydrogen-bond donors (Lipinski definition) is 0. The molecule has 29 heavy (non-hydrogen) atoms. The normalized spacial score (nSPS) is 15.6. The van der Waals surface area contributed by atoms with Gasteiger partial charge in [0.15, 0.2) is 6.61 Å². The third-order valence-corrected chi connectivity index (χ3v) is 6.80. The lowest BCUT2D eigenvalue weighted by Gasteiger charge is -2.20. The number of rotatable bonds is 7. The minimum Gasteiger partial charge on any atom is -0.711 e. The van der Waals surface area contributed by atoms with Crippen LogP contribution < -0.4 is 4.73 Å². The summed E-state index contributed by atoms with van der Waals surface area (Å²) in [6.45, 7) is 0.946. The van der Waals surface area contributed by atoms with Gasteiger partial charge in [-0.3, -0.25) is 4.79 Å². The summed E-state index contributed by atoms with van der Waals surface area (Å²) < 4.78 is 32.8. The molecule has 0 N–H and O–H groups in total. The summed E-state index contributed by atoms with van der Waals surface area (Å²) in [5.41, 5.74) is 0.841. The Morgan fingerprint density at radius 3 is 2.48 bits per heavy atom. The van der Waals surface area contributed by atoms with Gasteiger partial charge < -0.3 is 9.94 Å². The molecule has 0 amide bonds. The molecular weight excluding hydrogens is 394 g/mol. The van der Waals surface area contributed by atoms with Gasteiger partial charge in [-0.05, 0) is 41.9 Å². The molecule has 2 aromatic rings. The molecule has 2 heterocycles. The van der Waals surface area contributed by atoms with E-state index in [9.17, 15) is 18.4 Å². The highest BCUT2D eigenvalue weighted by atomic mass is 32.2. The van der Waals surface area contributed by atoms with Crippen molar-refractivity contribution in [3.8, 4) is 0 Å². The van der Waals surface area contributed by atoms with Crippen LogP contribution in [0.3, 0.4) is 0 Å². The van der Waals surface area contributed by atoms with Gasteiger partial charge in [-0.15, -0.1) is 0 Å². The Hall–Kier alpha value is -2.52. The number of esters is 1. The zero-order chi connectivity index (χ0) is 20.7. The van der Waals surface area contributed by atoms with Crippen molar-refractivity contribution in [2.75, 3.05) is 13.1 Å². The topological polar surface area (TPSA) is 104 Å². The highest BCUT2D eigenvalue weighted by molar-refractivity contribution is 7.89. The van der Waals surface area contributed by atoms with Gasteiger partial charge in [0.2, 0.25) is 10.0 Å². The number of ether oxygens (including phenoxy) is 1. The average molecular weight is 420 g/mol. The number of hydrogen-bond acceptors (Lipinski definition) is 6. The van der Waals surface area contributed by atoms with E-state index in [0.717, 1.165) is 31.2 Å². The lowest BCUT2D eigenvalue weighted by molar-refractivity contribution is -0.620. The standard InChI is InChI=1S/C20H25N3O5S/c24-20(28-16-19-21-12-5-15-23(19)25)11-8-17-6-9-18(10-7-17)29(26,27)22-13-3-1-2-4-14-22/h5-7,9-10,12,15H,1-4,8,11,13-14,16H2. The molecule has 3 rings (SSSR count). The summed E-state index contributed by atoms with van der Waals surface area (Å²) in [5.74, 6) is -0.333. The van der Waals surface area contributed by atoms with Crippen LogP contribution in [0.5, 0.6) is 0 Å². The van der Waals surface area contributed by atoms with Crippen molar-refractivity contribution in [3.05, 3.63) is 59.3 Å². The predicted octanol–water partition coefficient (Wildman–Crippen LogP) is 1.96. The molecule has 0 unspecified atom stereocenters. The first-order chi connectivity index (χ1) is 14.0. The Bertz CT molecular complexity index is 923. The van der Waals surface area contributed by atoms with Crippen molar-refractivity contribution in [1.29, 1.82) is 0 Å². The van der Waals surface area contributed by atoms with Crippen LogP contribution in [0.2, 0.25) is 0 Å². The van der Waals surface area contributed by atoms with E-state index in [4.69, 9.17) is 4.74 Å². The van der Waals surface area contributed by atoms with Crippen LogP contribution in [-0.2, 0) is 32.6 Å². The van der Waals surface area contributed by atoms with Crippen LogP contribution in [0.25, 0.3) is 0 Å². The van der Waals surface area contributed by atoms with Gasteiger partial charge in [0.05, 0.1) is 11.1 Å². The van der Waals surface area contributed by atoms with E-state index < -0.39 is 16.0 Å². The van der Waals surface area contributed by atoms with E-state index in [-0.39, 0.29) is 23.7 Å². The molecule has 1 aliphatic rings. The van der Waals surface area contributed by atoms with E-state index >= 15 is 0 Å². The van der Waals surface area contributed by atoms with Crippen molar-refractivity contribution in [3.63, 3.8) is 0 Å². The first-order valence-corrected chi connectivity index (χ1v) is 11.2. The van der Waals surface area contributed by atoms with Crippen LogP contribution in [0.4, 0.5) is 0 Å². The van der Waals surface area contributed by atoms with Gasteiger partial charge in [-0.25, -0.2) is 13.1 Å². The summed E-state index contributed by atoms with van der Waals surface area (Å²) in [6, 6.07) is 8.13. The highest BCUT2D eigenvalue weighted by Gasteiger charge is 2.24. The average Bonchev–Trinajstić information content (AvgIpc) is 3.02. The summed E-state index contributed by atoms with van der Waals surface area (Å²) >= 11 is 0. The smallest absolute Gasteiger partial charge is 0.339 e. The van der Waals surface area contributed by atoms with E-state index in [1.807, 2.05) is 0 Å². The van der Waals surface area contributed by atoms with E-state index in [1.54, 1.807) is 28.6 Å². The molecule has 1 fully saturated rings. The monoisotopic (exact) mass is 419 g/mol. The van der Waals surface area contributed by atoms with Crippen molar-refractivity contribution in [2.45, 2.75) is 50.0 Å². The number of aryl methyl sites for hydroxylation is 1. The largest absolute Gasteiger partial charge is 0.711 e. The second kappa shape index (κ2) is 9.80. The Labute approximate surface area is 170 Å². The van der Waals surface area contributed by atoms with Gasteiger partial charge >= 0.3 is 11.8 Å². The molecule has 1 aromatic heterocycles. The van der Waals surface area contributed by atoms with Crippen LogP contribution in [0, 0.1) is 5.21 Å². The predicted molar refractivity (Wildman–Crippen MR) is 105 cm³/mol. The number of aromatic nitrogens is 2. The molecule has 0 atom stereocenters. The van der Waals surface area contributed by atoms with Gasteiger partial charge in [0, 0.05) is 25.6 Å². The fourth-order valence-corrected chi connectivity index (χ4v) is 4.73. The molecule has 156 valence electrons. The summed E-state index contributed by atoms with van der Waals surface area (Å²) in [4.78, 5) is 16.0. The number of sulfonamides is 1. The maximum Gasteiger partial charge on any atom is 0.339 e. The zero-order valence-corrected chi connectivity index (χ0v) is 17.0. The van der Waals surface area contributed by atoms with Crippen molar-refractivity contribution in [1.82, 2.24) is 9.29 Å². The maximum atomic E-state index is 12.8. The fourth-order valence-electron chi connectivity index (χ4n) is 3.21. The van der Waals surface area contributed by atoms with Gasteiger partial charge in [-0.1, -0.05) is 25.0 Å². The number of carbonyl (C=O) groups excluding carboxylic acids is 1. The summed E-state index contributed by atoms with van der Waals surface area (Å²) in [5, 5.41) is 11.5. The Kier molecular flexibility index (Phi) is 7.16. The van der Waals surface area contributed by atoms with Crippen LogP contribution in [0.15, 0.2) is 47.6 Å². The third kappa shape index (κ3) is 5.74. The molecule has 1 aliphatic heterocycles. The Morgan fingerprint density at radius 2 is 1.83 bits per heavy atom. The molecule has 0 spiro atoms. The van der Waals surface area contributed by atoms with Crippen LogP contribution in [0.1, 0.15) is 43.5 Å². The highest BCUT2D eigenvalue weighted by Crippen LogP contribution is 2.21. The molecule has 1 saturated heterocycles. The van der Waals surface area contributed by atoms with Crippen LogP contribution in [-0.4, -0.2) is 36.8 Å². The summed E-state index contributed by atoms with van der Waals surface area (Å²) in [7, 11) is -3.47. The number of nitrogens with zero attached hydrogens (tertiary/aromatic N) is 3. The lowest BCUT2D eigenvalue weighted by Crippen LogP contribution is -2.33. The third-order valence-electron chi connectivity index (χ3n) is 4.89. The lowest BCUT2D eigenvalue weighted by atomic mass is 10.1. The van der Waals surface area contributed by atoms with Gasteiger partial charge in [0.1, 0.15) is 6.20 Å². The second-order valence-corrected chi connectivity index (χ2v) is 8.92. The molecule has 9 heteroatoms. The Balaban J connectivity index is 1.52. The summed E-state index contributed by atoms with van der Waals surface area (Å²) in [6.07, 6.45) is 7.21. The second-order valence-electron chi connectivity index (χ2n) is 6.98. The van der Waals surface area contributed by atoms with E-state index in [2.05, 4.69) is 4.98 Å². The molecule has 0 bridgehead atoms. The number of carbonyl (C=O) groups is 1.